The Labute approximate surface area is 119 Å². The van der Waals surface area contributed by atoms with Gasteiger partial charge in [0.05, 0.1) is 17.2 Å². The average molecular weight is 291 g/mol. The summed E-state index contributed by atoms with van der Waals surface area (Å²) in [6.45, 7) is 2.62. The monoisotopic (exact) mass is 291 g/mol. The van der Waals surface area contributed by atoms with Crippen molar-refractivity contribution in [2.75, 3.05) is 11.3 Å². The number of nitrogens with one attached hydrogen (secondary N) is 1. The van der Waals surface area contributed by atoms with Crippen LogP contribution in [0.25, 0.3) is 0 Å². The molecule has 0 amide bonds. The second kappa shape index (κ2) is 6.43. The van der Waals surface area contributed by atoms with Crippen molar-refractivity contribution in [1.82, 2.24) is 0 Å². The van der Waals surface area contributed by atoms with Crippen molar-refractivity contribution >= 4 is 15.7 Å². The predicted octanol–water partition coefficient (Wildman–Crippen LogP) is 3.28. The molecule has 0 bridgehead atoms. The van der Waals surface area contributed by atoms with Crippen LogP contribution >= 0.6 is 0 Å². The molecule has 0 spiro atoms. The van der Waals surface area contributed by atoms with E-state index < -0.39 is 10.0 Å². The van der Waals surface area contributed by atoms with Gasteiger partial charge < -0.3 is 4.74 Å². The summed E-state index contributed by atoms with van der Waals surface area (Å²) in [6, 6.07) is 15.2. The topological polar surface area (TPSA) is 55.4 Å². The second-order valence-corrected chi connectivity index (χ2v) is 5.98. The normalized spacial score (nSPS) is 11.1. The lowest BCUT2D eigenvalue weighted by molar-refractivity contribution is 0.317. The van der Waals surface area contributed by atoms with Crippen LogP contribution in [0.1, 0.15) is 13.3 Å². The lowest BCUT2D eigenvalue weighted by atomic mass is 10.3. The number of hydrogen-bond donors (Lipinski definition) is 1. The maximum absolute atomic E-state index is 12.2. The number of anilines is 1. The fraction of sp³-hybridized carbons (Fsp3) is 0.200. The molecule has 106 valence electrons. The van der Waals surface area contributed by atoms with Gasteiger partial charge >= 0.3 is 0 Å². The van der Waals surface area contributed by atoms with Gasteiger partial charge in [-0.3, -0.25) is 4.72 Å². The van der Waals surface area contributed by atoms with E-state index in [9.17, 15) is 8.42 Å². The quantitative estimate of drug-likeness (QED) is 0.888. The molecule has 0 aliphatic heterocycles. The summed E-state index contributed by atoms with van der Waals surface area (Å²) in [4.78, 5) is 0.236. The largest absolute Gasteiger partial charge is 0.494 e. The summed E-state index contributed by atoms with van der Waals surface area (Å²) >= 11 is 0. The van der Waals surface area contributed by atoms with Crippen LogP contribution < -0.4 is 9.46 Å². The lowest BCUT2D eigenvalue weighted by Crippen LogP contribution is -2.12. The van der Waals surface area contributed by atoms with Crippen molar-refractivity contribution < 1.29 is 13.2 Å². The van der Waals surface area contributed by atoms with Gasteiger partial charge in [-0.15, -0.1) is 0 Å². The Balaban J connectivity index is 2.17. The molecule has 0 aliphatic rings. The molecule has 4 nitrogen and oxygen atoms in total. The van der Waals surface area contributed by atoms with E-state index in [1.165, 1.54) is 0 Å². The number of rotatable bonds is 6. The number of hydrogen-bond acceptors (Lipinski definition) is 3. The van der Waals surface area contributed by atoms with Crippen LogP contribution in [0.3, 0.4) is 0 Å². The molecule has 0 aliphatic carbocycles. The third-order valence-corrected chi connectivity index (χ3v) is 4.01. The number of sulfonamides is 1. The summed E-state index contributed by atoms with van der Waals surface area (Å²) in [5.74, 6) is 0.653. The van der Waals surface area contributed by atoms with Crippen molar-refractivity contribution in [3.8, 4) is 5.75 Å². The predicted molar refractivity (Wildman–Crippen MR) is 79.5 cm³/mol. The van der Waals surface area contributed by atoms with Gasteiger partial charge in [0.25, 0.3) is 10.0 Å². The minimum Gasteiger partial charge on any atom is -0.494 e. The second-order valence-electron chi connectivity index (χ2n) is 4.29. The highest BCUT2D eigenvalue weighted by atomic mass is 32.2. The zero-order valence-corrected chi connectivity index (χ0v) is 12.1. The Morgan fingerprint density at radius 3 is 2.50 bits per heavy atom. The first-order valence-corrected chi connectivity index (χ1v) is 7.91. The van der Waals surface area contributed by atoms with E-state index in [4.69, 9.17) is 4.74 Å². The Morgan fingerprint density at radius 2 is 1.80 bits per heavy atom. The van der Waals surface area contributed by atoms with Crippen LogP contribution in [-0.2, 0) is 10.0 Å². The molecule has 0 fully saturated rings. The fourth-order valence-corrected chi connectivity index (χ4v) is 2.75. The Morgan fingerprint density at radius 1 is 1.05 bits per heavy atom. The Bertz CT molecular complexity index is 654. The molecule has 5 heteroatoms. The molecule has 2 aromatic carbocycles. The summed E-state index contributed by atoms with van der Waals surface area (Å²) in [5, 5.41) is 0. The molecule has 0 unspecified atom stereocenters. The average Bonchev–Trinajstić information content (AvgIpc) is 2.46. The summed E-state index contributed by atoms with van der Waals surface area (Å²) in [7, 11) is -3.56. The summed E-state index contributed by atoms with van der Waals surface area (Å²) in [6.07, 6.45) is 0.903. The molecular formula is C15H17NO3S. The fourth-order valence-electron chi connectivity index (χ4n) is 1.68. The standard InChI is InChI=1S/C15H17NO3S/c1-2-11-19-14-8-6-7-13(12-14)16-20(17,18)15-9-4-3-5-10-15/h3-10,12,16H,2,11H2,1H3. The van der Waals surface area contributed by atoms with Crippen LogP contribution in [0, 0.1) is 0 Å². The molecule has 20 heavy (non-hydrogen) atoms. The van der Waals surface area contributed by atoms with Crippen LogP contribution in [0.15, 0.2) is 59.5 Å². The van der Waals surface area contributed by atoms with Crippen LogP contribution in [-0.4, -0.2) is 15.0 Å². The van der Waals surface area contributed by atoms with E-state index >= 15 is 0 Å². The smallest absolute Gasteiger partial charge is 0.261 e. The van der Waals surface area contributed by atoms with E-state index in [0.717, 1.165) is 6.42 Å². The number of ether oxygens (including phenoxy) is 1. The highest BCUT2D eigenvalue weighted by Crippen LogP contribution is 2.20. The van der Waals surface area contributed by atoms with E-state index in [-0.39, 0.29) is 4.90 Å². The highest BCUT2D eigenvalue weighted by molar-refractivity contribution is 7.92. The molecule has 2 rings (SSSR count). The van der Waals surface area contributed by atoms with Crippen LogP contribution in [0.2, 0.25) is 0 Å². The molecule has 0 radical (unpaired) electrons. The van der Waals surface area contributed by atoms with Gasteiger partial charge in [0.15, 0.2) is 0 Å². The highest BCUT2D eigenvalue weighted by Gasteiger charge is 2.13. The maximum atomic E-state index is 12.2. The third kappa shape index (κ3) is 3.74. The SMILES string of the molecule is CCCOc1cccc(NS(=O)(=O)c2ccccc2)c1. The molecule has 0 heterocycles. The third-order valence-electron chi connectivity index (χ3n) is 2.61. The molecule has 0 saturated heterocycles. The van der Waals surface area contributed by atoms with Gasteiger partial charge in [-0.2, -0.15) is 0 Å². The van der Waals surface area contributed by atoms with Crippen LogP contribution in [0.4, 0.5) is 5.69 Å². The maximum Gasteiger partial charge on any atom is 0.261 e. The van der Waals surface area contributed by atoms with E-state index in [1.807, 2.05) is 6.92 Å². The minimum absolute atomic E-state index is 0.236. The Hall–Kier alpha value is -2.01. The molecule has 1 N–H and O–H groups in total. The number of benzene rings is 2. The molecular weight excluding hydrogens is 274 g/mol. The lowest BCUT2D eigenvalue weighted by Gasteiger charge is -2.10. The van der Waals surface area contributed by atoms with Crippen molar-refractivity contribution in [3.63, 3.8) is 0 Å². The molecule has 0 saturated carbocycles. The van der Waals surface area contributed by atoms with Crippen molar-refractivity contribution in [2.45, 2.75) is 18.2 Å². The molecule has 0 aromatic heterocycles. The van der Waals surface area contributed by atoms with Crippen molar-refractivity contribution in [3.05, 3.63) is 54.6 Å². The van der Waals surface area contributed by atoms with Crippen molar-refractivity contribution in [1.29, 1.82) is 0 Å². The van der Waals surface area contributed by atoms with Crippen molar-refractivity contribution in [2.24, 2.45) is 0 Å². The first kappa shape index (κ1) is 14.4. The van der Waals surface area contributed by atoms with E-state index in [1.54, 1.807) is 54.6 Å². The van der Waals surface area contributed by atoms with E-state index in [2.05, 4.69) is 4.72 Å². The van der Waals surface area contributed by atoms with Gasteiger partial charge in [-0.05, 0) is 30.7 Å². The first-order valence-electron chi connectivity index (χ1n) is 6.42. The van der Waals surface area contributed by atoms with Gasteiger partial charge in [-0.25, -0.2) is 8.42 Å². The summed E-state index contributed by atoms with van der Waals surface area (Å²) in [5.41, 5.74) is 0.488. The van der Waals surface area contributed by atoms with Gasteiger partial charge in [0.1, 0.15) is 5.75 Å². The Kier molecular flexibility index (Phi) is 4.63. The van der Waals surface area contributed by atoms with Crippen LogP contribution in [0.5, 0.6) is 5.75 Å². The first-order chi connectivity index (χ1) is 9.62. The van der Waals surface area contributed by atoms with Gasteiger partial charge in [0.2, 0.25) is 0 Å². The van der Waals surface area contributed by atoms with Gasteiger partial charge in [0, 0.05) is 6.07 Å². The van der Waals surface area contributed by atoms with E-state index in [0.29, 0.717) is 18.0 Å². The zero-order valence-electron chi connectivity index (χ0n) is 11.2. The molecule has 2 aromatic rings. The summed E-state index contributed by atoms with van der Waals surface area (Å²) < 4.78 is 32.4. The molecule has 0 atom stereocenters. The minimum atomic E-state index is -3.56. The van der Waals surface area contributed by atoms with Gasteiger partial charge in [-0.1, -0.05) is 31.2 Å². The zero-order chi connectivity index (χ0) is 14.4.